The molecule has 5 aromatic rings. The van der Waals surface area contributed by atoms with Crippen molar-refractivity contribution in [3.8, 4) is 23.0 Å². The monoisotopic (exact) mass is 464 g/mol. The predicted octanol–water partition coefficient (Wildman–Crippen LogP) is 6.15. The molecule has 35 heavy (non-hydrogen) atoms. The zero-order chi connectivity index (χ0) is 24.4. The predicted molar refractivity (Wildman–Crippen MR) is 132 cm³/mol. The van der Waals surface area contributed by atoms with Gasteiger partial charge in [0.2, 0.25) is 0 Å². The van der Waals surface area contributed by atoms with Crippen molar-refractivity contribution in [3.05, 3.63) is 108 Å². The number of methoxy groups -OCH3 is 1. The van der Waals surface area contributed by atoms with Gasteiger partial charge in [-0.1, -0.05) is 42.5 Å². The van der Waals surface area contributed by atoms with Gasteiger partial charge in [-0.2, -0.15) is 0 Å². The number of aromatic hydroxyl groups is 1. The number of ether oxygens (including phenoxy) is 3. The van der Waals surface area contributed by atoms with Gasteiger partial charge in [0.25, 0.3) is 0 Å². The third-order valence-corrected chi connectivity index (χ3v) is 5.59. The van der Waals surface area contributed by atoms with Crippen LogP contribution in [0.1, 0.15) is 20.7 Å². The van der Waals surface area contributed by atoms with Crippen LogP contribution in [0.25, 0.3) is 21.5 Å². The first kappa shape index (κ1) is 22.0. The van der Waals surface area contributed by atoms with E-state index >= 15 is 0 Å². The molecular weight excluding hydrogens is 444 g/mol. The lowest BCUT2D eigenvalue weighted by Gasteiger charge is -2.12. The Kier molecular flexibility index (Phi) is 5.77. The lowest BCUT2D eigenvalue weighted by molar-refractivity contribution is 0.0715. The third-order valence-electron chi connectivity index (χ3n) is 5.59. The topological polar surface area (TPSA) is 82.1 Å². The van der Waals surface area contributed by atoms with Crippen molar-refractivity contribution < 1.29 is 28.9 Å². The Balaban J connectivity index is 1.33. The van der Waals surface area contributed by atoms with Crippen LogP contribution >= 0.6 is 0 Å². The highest BCUT2D eigenvalue weighted by Gasteiger charge is 2.16. The molecule has 6 heteroatoms. The van der Waals surface area contributed by atoms with E-state index < -0.39 is 11.9 Å². The van der Waals surface area contributed by atoms with Crippen molar-refractivity contribution in [2.45, 2.75) is 0 Å². The Morgan fingerprint density at radius 2 is 1.20 bits per heavy atom. The van der Waals surface area contributed by atoms with Crippen LogP contribution in [0.2, 0.25) is 0 Å². The molecule has 0 amide bonds. The number of fused-ring (bicyclic) bond motifs is 2. The fourth-order valence-corrected chi connectivity index (χ4v) is 3.80. The lowest BCUT2D eigenvalue weighted by Crippen LogP contribution is -2.10. The van der Waals surface area contributed by atoms with E-state index in [-0.39, 0.29) is 23.0 Å². The summed E-state index contributed by atoms with van der Waals surface area (Å²) in [5, 5.41) is 13.2. The van der Waals surface area contributed by atoms with Crippen LogP contribution in [0.4, 0.5) is 0 Å². The number of hydrogen-bond acceptors (Lipinski definition) is 6. The molecule has 0 aliphatic carbocycles. The molecule has 0 radical (unpaired) electrons. The zero-order valence-electron chi connectivity index (χ0n) is 18.7. The van der Waals surface area contributed by atoms with Crippen LogP contribution in [0.5, 0.6) is 23.0 Å². The number of phenolic OH excluding ortho intramolecular Hbond substituents is 1. The second-order valence-electron chi connectivity index (χ2n) is 7.90. The van der Waals surface area contributed by atoms with Crippen LogP contribution in [-0.4, -0.2) is 24.2 Å². The second-order valence-corrected chi connectivity index (χ2v) is 7.90. The summed E-state index contributed by atoms with van der Waals surface area (Å²) in [5.74, 6) is -0.241. The summed E-state index contributed by atoms with van der Waals surface area (Å²) in [5.41, 5.74) is 0.764. The van der Waals surface area contributed by atoms with E-state index in [1.165, 1.54) is 25.3 Å². The van der Waals surface area contributed by atoms with E-state index in [9.17, 15) is 14.7 Å². The minimum Gasteiger partial charge on any atom is -0.508 e. The summed E-state index contributed by atoms with van der Waals surface area (Å²) in [6.07, 6.45) is 0. The van der Waals surface area contributed by atoms with Gasteiger partial charge in [0.1, 0.15) is 11.5 Å². The van der Waals surface area contributed by atoms with Gasteiger partial charge in [-0.3, -0.25) is 0 Å². The number of rotatable bonds is 5. The van der Waals surface area contributed by atoms with Crippen LogP contribution in [0.3, 0.4) is 0 Å². The van der Waals surface area contributed by atoms with Crippen molar-refractivity contribution in [3.63, 3.8) is 0 Å². The van der Waals surface area contributed by atoms with E-state index in [0.717, 1.165) is 21.5 Å². The van der Waals surface area contributed by atoms with Crippen LogP contribution in [0.15, 0.2) is 97.1 Å². The van der Waals surface area contributed by atoms with Crippen molar-refractivity contribution in [2.75, 3.05) is 7.11 Å². The molecule has 5 rings (SSSR count). The van der Waals surface area contributed by atoms with Crippen molar-refractivity contribution in [2.24, 2.45) is 0 Å². The summed E-state index contributed by atoms with van der Waals surface area (Å²) >= 11 is 0. The number of phenols is 1. The molecule has 0 saturated heterocycles. The summed E-state index contributed by atoms with van der Waals surface area (Å²) < 4.78 is 16.4. The minimum atomic E-state index is -0.570. The first-order chi connectivity index (χ1) is 17.0. The maximum absolute atomic E-state index is 12.7. The molecule has 0 aromatic heterocycles. The Hall–Kier alpha value is -4.84. The molecule has 0 unspecified atom stereocenters. The summed E-state index contributed by atoms with van der Waals surface area (Å²) in [7, 11) is 1.43. The molecule has 6 nitrogen and oxygen atoms in total. The molecule has 5 aromatic carbocycles. The summed E-state index contributed by atoms with van der Waals surface area (Å²) in [4.78, 5) is 25.4. The van der Waals surface area contributed by atoms with Crippen molar-refractivity contribution in [1.29, 1.82) is 0 Å². The highest BCUT2D eigenvalue weighted by molar-refractivity contribution is 5.97. The minimum absolute atomic E-state index is 0.152. The molecule has 0 spiro atoms. The highest BCUT2D eigenvalue weighted by atomic mass is 16.6. The number of esters is 2. The van der Waals surface area contributed by atoms with Gasteiger partial charge in [-0.05, 0) is 70.1 Å². The van der Waals surface area contributed by atoms with Crippen molar-refractivity contribution >= 4 is 33.5 Å². The van der Waals surface area contributed by atoms with E-state index in [0.29, 0.717) is 11.1 Å². The molecule has 0 saturated carbocycles. The number of carbonyl (C=O) groups is 2. The normalized spacial score (nSPS) is 10.8. The number of benzene rings is 5. The van der Waals surface area contributed by atoms with Crippen LogP contribution < -0.4 is 14.2 Å². The van der Waals surface area contributed by atoms with Gasteiger partial charge in [-0.25, -0.2) is 9.59 Å². The Morgan fingerprint density at radius 3 is 1.94 bits per heavy atom. The maximum atomic E-state index is 12.7. The first-order valence-corrected chi connectivity index (χ1v) is 10.8. The number of hydrogen-bond donors (Lipinski definition) is 1. The van der Waals surface area contributed by atoms with Gasteiger partial charge in [0.15, 0.2) is 11.5 Å². The quantitative estimate of drug-likeness (QED) is 0.248. The lowest BCUT2D eigenvalue weighted by atomic mass is 10.1. The second kappa shape index (κ2) is 9.19. The molecule has 0 heterocycles. The van der Waals surface area contributed by atoms with E-state index in [2.05, 4.69) is 0 Å². The van der Waals surface area contributed by atoms with Gasteiger partial charge in [0, 0.05) is 6.07 Å². The Labute approximate surface area is 200 Å². The van der Waals surface area contributed by atoms with E-state index in [4.69, 9.17) is 14.2 Å². The highest BCUT2D eigenvalue weighted by Crippen LogP contribution is 2.33. The summed E-state index contributed by atoms with van der Waals surface area (Å²) in [6.45, 7) is 0. The zero-order valence-corrected chi connectivity index (χ0v) is 18.7. The fourth-order valence-electron chi connectivity index (χ4n) is 3.80. The molecule has 0 aliphatic heterocycles. The van der Waals surface area contributed by atoms with Crippen LogP contribution in [-0.2, 0) is 0 Å². The molecule has 1 N–H and O–H groups in total. The molecular formula is C29H20O6. The Morgan fingerprint density at radius 1 is 0.600 bits per heavy atom. The standard InChI is InChI=1S/C29H20O6/c1-33-27-17-25(34-28(31)22-8-6-18-4-2-3-5-19(18)14-22)12-13-26(27)35-29(32)23-9-7-21-16-24(30)11-10-20(21)15-23/h2-17,30H,1H3. The van der Waals surface area contributed by atoms with Gasteiger partial charge in [0.05, 0.1) is 18.2 Å². The average Bonchev–Trinajstić information content (AvgIpc) is 2.88. The third kappa shape index (κ3) is 4.63. The van der Waals surface area contributed by atoms with Crippen LogP contribution in [0, 0.1) is 0 Å². The molecule has 0 aliphatic rings. The molecule has 0 atom stereocenters. The largest absolute Gasteiger partial charge is 0.508 e. The van der Waals surface area contributed by atoms with Crippen molar-refractivity contribution in [1.82, 2.24) is 0 Å². The molecule has 0 fully saturated rings. The summed E-state index contributed by atoms with van der Waals surface area (Å²) in [6, 6.07) is 27.6. The van der Waals surface area contributed by atoms with E-state index in [1.54, 1.807) is 48.5 Å². The molecule has 172 valence electrons. The smallest absolute Gasteiger partial charge is 0.343 e. The van der Waals surface area contributed by atoms with Gasteiger partial charge in [-0.15, -0.1) is 0 Å². The molecule has 0 bridgehead atoms. The van der Waals surface area contributed by atoms with E-state index in [1.807, 2.05) is 30.3 Å². The van der Waals surface area contributed by atoms with Gasteiger partial charge < -0.3 is 19.3 Å². The average molecular weight is 464 g/mol. The Bertz CT molecular complexity index is 1590. The van der Waals surface area contributed by atoms with Gasteiger partial charge >= 0.3 is 11.9 Å². The first-order valence-electron chi connectivity index (χ1n) is 10.8. The SMILES string of the molecule is COc1cc(OC(=O)c2ccc3ccccc3c2)ccc1OC(=O)c1ccc2cc(O)ccc2c1. The number of carbonyl (C=O) groups excluding carboxylic acids is 2. The fraction of sp³-hybridized carbons (Fsp3) is 0.0345. The maximum Gasteiger partial charge on any atom is 0.343 e.